The van der Waals surface area contributed by atoms with Gasteiger partial charge in [-0.15, -0.1) is 0 Å². The average Bonchev–Trinajstić information content (AvgIpc) is 2.78. The zero-order valence-electron chi connectivity index (χ0n) is 11.4. The van der Waals surface area contributed by atoms with Gasteiger partial charge in [0, 0.05) is 31.1 Å². The van der Waals surface area contributed by atoms with E-state index in [0.717, 1.165) is 36.8 Å². The summed E-state index contributed by atoms with van der Waals surface area (Å²) in [5.41, 5.74) is 0. The highest BCUT2D eigenvalue weighted by Gasteiger charge is 2.68. The number of carbonyl (C=O) groups excluding carboxylic acids is 1. The summed E-state index contributed by atoms with van der Waals surface area (Å²) in [5, 5.41) is 3.41. The molecular weight excluding hydrogens is 224 g/mol. The molecule has 2 bridgehead atoms. The van der Waals surface area contributed by atoms with Crippen molar-refractivity contribution in [2.75, 3.05) is 13.1 Å². The topological polar surface area (TPSA) is 32.3 Å². The Morgan fingerprint density at radius 1 is 1.06 bits per heavy atom. The second-order valence-corrected chi connectivity index (χ2v) is 7.12. The molecule has 3 aliphatic carbocycles. The van der Waals surface area contributed by atoms with Crippen molar-refractivity contribution in [3.63, 3.8) is 0 Å². The number of rotatable bonds is 1. The molecule has 0 aromatic carbocycles. The highest BCUT2D eigenvalue weighted by atomic mass is 16.2. The Balaban J connectivity index is 1.51. The molecule has 1 N–H and O–H groups in total. The molecule has 0 spiro atoms. The van der Waals surface area contributed by atoms with Crippen LogP contribution in [-0.4, -0.2) is 36.0 Å². The van der Waals surface area contributed by atoms with E-state index in [1.54, 1.807) is 0 Å². The van der Waals surface area contributed by atoms with E-state index in [4.69, 9.17) is 0 Å². The monoisotopic (exact) mass is 248 g/mol. The number of fused-ring (bicyclic) bond motifs is 5. The summed E-state index contributed by atoms with van der Waals surface area (Å²) in [7, 11) is 0. The van der Waals surface area contributed by atoms with Gasteiger partial charge in [-0.2, -0.15) is 0 Å². The van der Waals surface area contributed by atoms with E-state index in [1.807, 2.05) is 0 Å². The molecule has 4 fully saturated rings. The maximum Gasteiger partial charge on any atom is 0.226 e. The number of nitrogens with one attached hydrogen (secondary N) is 1. The van der Waals surface area contributed by atoms with Crippen LogP contribution in [0.5, 0.6) is 0 Å². The lowest BCUT2D eigenvalue weighted by Crippen LogP contribution is -2.58. The standard InChI is InChI=1S/C15H24N2O/c1-8-6-16-7-9(2)17(8)15(18)14-12-10-3-4-11(5-10)13(12)14/h8-14,16H,3-7H2,1-2H3. The molecule has 3 nitrogen and oxygen atoms in total. The number of nitrogens with zero attached hydrogens (tertiary/aromatic N) is 1. The maximum atomic E-state index is 12.8. The third-order valence-electron chi connectivity index (χ3n) is 6.10. The van der Waals surface area contributed by atoms with Crippen LogP contribution >= 0.6 is 0 Å². The van der Waals surface area contributed by atoms with Gasteiger partial charge in [-0.1, -0.05) is 0 Å². The summed E-state index contributed by atoms with van der Waals surface area (Å²) in [5.74, 6) is 4.28. The van der Waals surface area contributed by atoms with Crippen LogP contribution in [0.25, 0.3) is 0 Å². The van der Waals surface area contributed by atoms with Crippen LogP contribution in [0.3, 0.4) is 0 Å². The van der Waals surface area contributed by atoms with Gasteiger partial charge in [-0.05, 0) is 56.8 Å². The number of hydrogen-bond donors (Lipinski definition) is 1. The van der Waals surface area contributed by atoms with Crippen molar-refractivity contribution >= 4 is 5.91 Å². The van der Waals surface area contributed by atoms with E-state index >= 15 is 0 Å². The second-order valence-electron chi connectivity index (χ2n) is 7.12. The van der Waals surface area contributed by atoms with Crippen LogP contribution in [0, 0.1) is 29.6 Å². The van der Waals surface area contributed by atoms with Crippen molar-refractivity contribution in [1.29, 1.82) is 0 Å². The molecule has 0 aromatic rings. The highest BCUT2D eigenvalue weighted by Crippen LogP contribution is 2.69. The Morgan fingerprint density at radius 2 is 1.61 bits per heavy atom. The fourth-order valence-corrected chi connectivity index (χ4v) is 5.39. The molecule has 1 aliphatic heterocycles. The van der Waals surface area contributed by atoms with Gasteiger partial charge in [0.15, 0.2) is 0 Å². The minimum atomic E-state index is 0.375. The Morgan fingerprint density at radius 3 is 2.17 bits per heavy atom. The summed E-state index contributed by atoms with van der Waals surface area (Å²) < 4.78 is 0. The molecule has 1 saturated heterocycles. The van der Waals surface area contributed by atoms with Crippen molar-refractivity contribution in [2.45, 2.75) is 45.2 Å². The number of piperazine rings is 1. The fraction of sp³-hybridized carbons (Fsp3) is 0.933. The lowest BCUT2D eigenvalue weighted by atomic mass is 10.00. The van der Waals surface area contributed by atoms with Crippen LogP contribution in [0.2, 0.25) is 0 Å². The molecule has 0 aromatic heterocycles. The molecule has 1 heterocycles. The van der Waals surface area contributed by atoms with E-state index in [1.165, 1.54) is 19.3 Å². The van der Waals surface area contributed by atoms with Gasteiger partial charge in [-0.3, -0.25) is 4.79 Å². The maximum absolute atomic E-state index is 12.8. The highest BCUT2D eigenvalue weighted by molar-refractivity contribution is 5.83. The molecular formula is C15H24N2O. The molecule has 6 atom stereocenters. The molecule has 3 saturated carbocycles. The molecule has 4 aliphatic rings. The van der Waals surface area contributed by atoms with E-state index in [0.29, 0.717) is 23.9 Å². The molecule has 0 radical (unpaired) electrons. The average molecular weight is 248 g/mol. The van der Waals surface area contributed by atoms with Gasteiger partial charge in [0.05, 0.1) is 0 Å². The fourth-order valence-electron chi connectivity index (χ4n) is 5.39. The first kappa shape index (κ1) is 11.3. The lowest BCUT2D eigenvalue weighted by molar-refractivity contribution is -0.139. The summed E-state index contributed by atoms with van der Waals surface area (Å²) in [6.07, 6.45) is 4.25. The minimum absolute atomic E-state index is 0.375. The first-order valence-electron chi connectivity index (χ1n) is 7.71. The third kappa shape index (κ3) is 1.37. The van der Waals surface area contributed by atoms with Crippen LogP contribution in [0.4, 0.5) is 0 Å². The van der Waals surface area contributed by atoms with Crippen molar-refractivity contribution in [3.05, 3.63) is 0 Å². The summed E-state index contributed by atoms with van der Waals surface area (Å²) in [6, 6.07) is 0.750. The van der Waals surface area contributed by atoms with Gasteiger partial charge in [0.2, 0.25) is 5.91 Å². The molecule has 6 unspecified atom stereocenters. The van der Waals surface area contributed by atoms with Crippen molar-refractivity contribution in [3.8, 4) is 0 Å². The molecule has 4 rings (SSSR count). The lowest BCUT2D eigenvalue weighted by Gasteiger charge is -2.40. The number of amides is 1. The van der Waals surface area contributed by atoms with Gasteiger partial charge < -0.3 is 10.2 Å². The summed E-state index contributed by atoms with van der Waals surface area (Å²) in [4.78, 5) is 15.0. The zero-order valence-corrected chi connectivity index (χ0v) is 11.4. The van der Waals surface area contributed by atoms with Gasteiger partial charge in [0.25, 0.3) is 0 Å². The van der Waals surface area contributed by atoms with Gasteiger partial charge in [0.1, 0.15) is 0 Å². The Bertz CT molecular complexity index is 357. The first-order chi connectivity index (χ1) is 8.68. The Kier molecular flexibility index (Phi) is 2.33. The summed E-state index contributed by atoms with van der Waals surface area (Å²) >= 11 is 0. The van der Waals surface area contributed by atoms with E-state index in [2.05, 4.69) is 24.1 Å². The molecule has 100 valence electrons. The van der Waals surface area contributed by atoms with Crippen molar-refractivity contribution in [2.24, 2.45) is 29.6 Å². The Hall–Kier alpha value is -0.570. The van der Waals surface area contributed by atoms with E-state index < -0.39 is 0 Å². The first-order valence-corrected chi connectivity index (χ1v) is 7.71. The predicted octanol–water partition coefficient (Wildman–Crippen LogP) is 1.49. The van der Waals surface area contributed by atoms with Crippen molar-refractivity contribution in [1.82, 2.24) is 10.2 Å². The quantitative estimate of drug-likeness (QED) is 0.762. The minimum Gasteiger partial charge on any atom is -0.334 e. The largest absolute Gasteiger partial charge is 0.334 e. The predicted molar refractivity (Wildman–Crippen MR) is 69.9 cm³/mol. The van der Waals surface area contributed by atoms with Crippen LogP contribution in [-0.2, 0) is 4.79 Å². The number of hydrogen-bond acceptors (Lipinski definition) is 2. The van der Waals surface area contributed by atoms with Gasteiger partial charge >= 0.3 is 0 Å². The third-order valence-corrected chi connectivity index (χ3v) is 6.10. The van der Waals surface area contributed by atoms with Crippen molar-refractivity contribution < 1.29 is 4.79 Å². The second kappa shape index (κ2) is 3.72. The number of carbonyl (C=O) groups is 1. The van der Waals surface area contributed by atoms with Crippen LogP contribution < -0.4 is 5.32 Å². The van der Waals surface area contributed by atoms with Gasteiger partial charge in [-0.25, -0.2) is 0 Å². The molecule has 3 heteroatoms. The molecule has 18 heavy (non-hydrogen) atoms. The van der Waals surface area contributed by atoms with Crippen LogP contribution in [0.15, 0.2) is 0 Å². The van der Waals surface area contributed by atoms with E-state index in [9.17, 15) is 4.79 Å². The van der Waals surface area contributed by atoms with E-state index in [-0.39, 0.29) is 0 Å². The Labute approximate surface area is 109 Å². The molecule has 1 amide bonds. The smallest absolute Gasteiger partial charge is 0.226 e. The van der Waals surface area contributed by atoms with Crippen LogP contribution in [0.1, 0.15) is 33.1 Å². The normalized spacial score (nSPS) is 53.4. The zero-order chi connectivity index (χ0) is 12.4. The SMILES string of the molecule is CC1CNCC(C)N1C(=O)C1C2C3CCC(C3)C12. The summed E-state index contributed by atoms with van der Waals surface area (Å²) in [6.45, 7) is 6.30.